The van der Waals surface area contributed by atoms with E-state index >= 15 is 0 Å². The highest BCUT2D eigenvalue weighted by molar-refractivity contribution is 5.96. The molecule has 0 aliphatic carbocycles. The van der Waals surface area contributed by atoms with Gasteiger partial charge in [-0.1, -0.05) is 6.42 Å². The van der Waals surface area contributed by atoms with Gasteiger partial charge in [-0.05, 0) is 68.7 Å². The zero-order valence-corrected chi connectivity index (χ0v) is 17.4. The van der Waals surface area contributed by atoms with E-state index in [1.807, 2.05) is 13.0 Å². The number of H-pyrrole nitrogens is 1. The Morgan fingerprint density at radius 3 is 2.73 bits per heavy atom. The molecule has 1 N–H and O–H groups in total. The summed E-state index contributed by atoms with van der Waals surface area (Å²) in [4.78, 5) is 18.5. The van der Waals surface area contributed by atoms with Crippen LogP contribution in [0.1, 0.15) is 42.2 Å². The molecule has 0 bridgehead atoms. The van der Waals surface area contributed by atoms with Gasteiger partial charge in [0.1, 0.15) is 11.4 Å². The normalized spacial score (nSPS) is 10.8. The van der Waals surface area contributed by atoms with Crippen LogP contribution in [0.3, 0.4) is 0 Å². The van der Waals surface area contributed by atoms with Gasteiger partial charge in [-0.25, -0.2) is 9.37 Å². The molecule has 0 unspecified atom stereocenters. The van der Waals surface area contributed by atoms with Crippen LogP contribution in [-0.2, 0) is 6.42 Å². The SMILES string of the molecule is CCOc1ncccc1C(=O)N(C)CCCCCc1cc(-c2ccc(F)cc2)n[nH]1. The maximum Gasteiger partial charge on any atom is 0.259 e. The van der Waals surface area contributed by atoms with Gasteiger partial charge in [-0.2, -0.15) is 5.10 Å². The van der Waals surface area contributed by atoms with Crippen molar-refractivity contribution in [3.05, 3.63) is 65.7 Å². The molecule has 30 heavy (non-hydrogen) atoms. The predicted molar refractivity (Wildman–Crippen MR) is 114 cm³/mol. The average Bonchev–Trinajstić information content (AvgIpc) is 3.23. The summed E-state index contributed by atoms with van der Waals surface area (Å²) in [6.07, 6.45) is 5.39. The van der Waals surface area contributed by atoms with Crippen LogP contribution in [0.25, 0.3) is 11.3 Å². The van der Waals surface area contributed by atoms with Gasteiger partial charge in [0.2, 0.25) is 5.88 Å². The molecule has 0 radical (unpaired) electrons. The number of hydrogen-bond donors (Lipinski definition) is 1. The van der Waals surface area contributed by atoms with Crippen LogP contribution in [0, 0.1) is 5.82 Å². The standard InChI is InChI=1S/C23H27FN4O2/c1-3-30-22-20(9-7-14-25-22)23(29)28(2)15-6-4-5-8-19-16-21(27-26-19)17-10-12-18(24)13-11-17/h7,9-14,16H,3-6,8,15H2,1-2H3,(H,26,27). The van der Waals surface area contributed by atoms with Crippen molar-refractivity contribution in [2.45, 2.75) is 32.6 Å². The Balaban J connectivity index is 1.42. The third kappa shape index (κ3) is 5.65. The number of aryl methyl sites for hydroxylation is 1. The number of ether oxygens (including phenoxy) is 1. The molecule has 1 amide bonds. The molecule has 3 aromatic rings. The number of aromatic nitrogens is 3. The second kappa shape index (κ2) is 10.5. The summed E-state index contributed by atoms with van der Waals surface area (Å²) in [7, 11) is 1.80. The minimum Gasteiger partial charge on any atom is -0.477 e. The Hall–Kier alpha value is -3.22. The summed E-state index contributed by atoms with van der Waals surface area (Å²) in [5.74, 6) is 0.0488. The van der Waals surface area contributed by atoms with Crippen molar-refractivity contribution in [2.75, 3.05) is 20.2 Å². The Morgan fingerprint density at radius 1 is 1.17 bits per heavy atom. The van der Waals surface area contributed by atoms with Crippen LogP contribution in [0.15, 0.2) is 48.7 Å². The van der Waals surface area contributed by atoms with Crippen LogP contribution >= 0.6 is 0 Å². The minimum absolute atomic E-state index is 0.0796. The summed E-state index contributed by atoms with van der Waals surface area (Å²) in [5.41, 5.74) is 3.25. The van der Waals surface area contributed by atoms with Crippen LogP contribution < -0.4 is 4.74 Å². The van der Waals surface area contributed by atoms with E-state index in [1.54, 1.807) is 42.4 Å². The van der Waals surface area contributed by atoms with Crippen LogP contribution in [-0.4, -0.2) is 46.2 Å². The van der Waals surface area contributed by atoms with Crippen molar-refractivity contribution >= 4 is 5.91 Å². The highest BCUT2D eigenvalue weighted by atomic mass is 19.1. The Morgan fingerprint density at radius 2 is 1.97 bits per heavy atom. The lowest BCUT2D eigenvalue weighted by molar-refractivity contribution is 0.0787. The number of nitrogens with one attached hydrogen (secondary N) is 1. The lowest BCUT2D eigenvalue weighted by Gasteiger charge is -2.18. The van der Waals surface area contributed by atoms with Gasteiger partial charge in [0.05, 0.1) is 12.3 Å². The first-order valence-corrected chi connectivity index (χ1v) is 10.2. The van der Waals surface area contributed by atoms with Crippen molar-refractivity contribution in [3.63, 3.8) is 0 Å². The topological polar surface area (TPSA) is 71.1 Å². The van der Waals surface area contributed by atoms with E-state index in [2.05, 4.69) is 15.2 Å². The fraction of sp³-hybridized carbons (Fsp3) is 0.348. The second-order valence-electron chi connectivity index (χ2n) is 7.11. The molecule has 7 heteroatoms. The zero-order chi connectivity index (χ0) is 21.3. The summed E-state index contributed by atoms with van der Waals surface area (Å²) >= 11 is 0. The molecule has 0 atom stereocenters. The molecule has 0 saturated carbocycles. The van der Waals surface area contributed by atoms with E-state index in [9.17, 15) is 9.18 Å². The number of aromatic amines is 1. The highest BCUT2D eigenvalue weighted by Gasteiger charge is 2.17. The number of carbonyl (C=O) groups excluding carboxylic acids is 1. The molecule has 6 nitrogen and oxygen atoms in total. The molecule has 1 aromatic carbocycles. The second-order valence-corrected chi connectivity index (χ2v) is 7.11. The van der Waals surface area contributed by atoms with Crippen LogP contribution in [0.2, 0.25) is 0 Å². The Labute approximate surface area is 176 Å². The molecular formula is C23H27FN4O2. The Bertz CT molecular complexity index is 956. The van der Waals surface area contributed by atoms with Gasteiger partial charge in [0, 0.05) is 31.0 Å². The molecule has 0 saturated heterocycles. The summed E-state index contributed by atoms with van der Waals surface area (Å²) in [5, 5.41) is 7.35. The van der Waals surface area contributed by atoms with Crippen molar-refractivity contribution in [1.82, 2.24) is 20.1 Å². The van der Waals surface area contributed by atoms with E-state index in [-0.39, 0.29) is 11.7 Å². The van der Waals surface area contributed by atoms with Crippen LogP contribution in [0.5, 0.6) is 5.88 Å². The molecule has 0 fully saturated rings. The zero-order valence-electron chi connectivity index (χ0n) is 17.4. The number of amides is 1. The third-order valence-corrected chi connectivity index (χ3v) is 4.84. The maximum atomic E-state index is 13.0. The largest absolute Gasteiger partial charge is 0.477 e. The lowest BCUT2D eigenvalue weighted by Crippen LogP contribution is -2.28. The minimum atomic E-state index is -0.254. The van der Waals surface area contributed by atoms with E-state index in [0.29, 0.717) is 24.6 Å². The third-order valence-electron chi connectivity index (χ3n) is 4.84. The van der Waals surface area contributed by atoms with Crippen molar-refractivity contribution in [1.29, 1.82) is 0 Å². The van der Waals surface area contributed by atoms with E-state index < -0.39 is 0 Å². The average molecular weight is 410 g/mol. The van der Waals surface area contributed by atoms with Crippen molar-refractivity contribution in [3.8, 4) is 17.1 Å². The molecule has 0 spiro atoms. The van der Waals surface area contributed by atoms with Crippen molar-refractivity contribution < 1.29 is 13.9 Å². The number of hydrogen-bond acceptors (Lipinski definition) is 4. The summed E-state index contributed by atoms with van der Waals surface area (Å²) in [6, 6.07) is 11.8. The molecule has 2 heterocycles. The molecular weight excluding hydrogens is 383 g/mol. The van der Waals surface area contributed by atoms with Gasteiger partial charge in [0.15, 0.2) is 0 Å². The lowest BCUT2D eigenvalue weighted by atomic mass is 10.1. The quantitative estimate of drug-likeness (QED) is 0.500. The first-order chi connectivity index (χ1) is 14.6. The van der Waals surface area contributed by atoms with Gasteiger partial charge >= 0.3 is 0 Å². The smallest absolute Gasteiger partial charge is 0.259 e. The highest BCUT2D eigenvalue weighted by Crippen LogP contribution is 2.19. The number of pyridine rings is 1. The molecule has 158 valence electrons. The van der Waals surface area contributed by atoms with Gasteiger partial charge in [0.25, 0.3) is 5.91 Å². The maximum absolute atomic E-state index is 13.0. The first-order valence-electron chi connectivity index (χ1n) is 10.2. The molecule has 0 aliphatic rings. The monoisotopic (exact) mass is 410 g/mol. The van der Waals surface area contributed by atoms with E-state index in [1.165, 1.54) is 12.1 Å². The number of nitrogens with zero attached hydrogens (tertiary/aromatic N) is 3. The van der Waals surface area contributed by atoms with Crippen LogP contribution in [0.4, 0.5) is 4.39 Å². The number of rotatable bonds is 10. The van der Waals surface area contributed by atoms with Crippen molar-refractivity contribution in [2.24, 2.45) is 0 Å². The van der Waals surface area contributed by atoms with Gasteiger partial charge in [-0.15, -0.1) is 0 Å². The fourth-order valence-electron chi connectivity index (χ4n) is 3.21. The summed E-state index contributed by atoms with van der Waals surface area (Å²) in [6.45, 7) is 3.01. The number of unbranched alkanes of at least 4 members (excludes halogenated alkanes) is 2. The van der Waals surface area contributed by atoms with Gasteiger partial charge in [-0.3, -0.25) is 9.89 Å². The molecule has 3 rings (SSSR count). The predicted octanol–water partition coefficient (Wildman–Crippen LogP) is 4.49. The number of benzene rings is 1. The Kier molecular flexibility index (Phi) is 7.54. The summed E-state index contributed by atoms with van der Waals surface area (Å²) < 4.78 is 18.5. The van der Waals surface area contributed by atoms with E-state index in [4.69, 9.17) is 4.74 Å². The van der Waals surface area contributed by atoms with Gasteiger partial charge < -0.3 is 9.64 Å². The number of halogens is 1. The molecule has 2 aromatic heterocycles. The fourth-order valence-corrected chi connectivity index (χ4v) is 3.21. The van der Waals surface area contributed by atoms with E-state index in [0.717, 1.165) is 42.6 Å². The number of carbonyl (C=O) groups is 1. The first kappa shape index (κ1) is 21.5. The molecule has 0 aliphatic heterocycles.